The van der Waals surface area contributed by atoms with Crippen molar-refractivity contribution in [3.05, 3.63) is 41.2 Å². The third-order valence-electron chi connectivity index (χ3n) is 5.77. The second-order valence-corrected chi connectivity index (χ2v) is 7.68. The number of nitrogens with zero attached hydrogens (tertiary/aromatic N) is 4. The Morgan fingerprint density at radius 3 is 2.69 bits per heavy atom. The van der Waals surface area contributed by atoms with E-state index in [9.17, 15) is 4.79 Å². The molecule has 1 fully saturated rings. The molecule has 0 unspecified atom stereocenters. The quantitative estimate of drug-likeness (QED) is 0.738. The molecule has 8 nitrogen and oxygen atoms in total. The lowest BCUT2D eigenvalue weighted by molar-refractivity contribution is -0.145. The van der Waals surface area contributed by atoms with Gasteiger partial charge in [-0.1, -0.05) is 17.3 Å². The Bertz CT molecular complexity index is 841. The number of carbonyl (C=O) groups excluding carboxylic acids is 1. The Hall–Kier alpha value is -2.45. The van der Waals surface area contributed by atoms with Gasteiger partial charge in [-0.05, 0) is 37.5 Å². The number of hydrogen-bond acceptors (Lipinski definition) is 6. The van der Waals surface area contributed by atoms with Crippen LogP contribution in [0.25, 0.3) is 0 Å². The molecule has 1 amide bonds. The second kappa shape index (κ2) is 8.51. The average molecular weight is 400 g/mol. The minimum absolute atomic E-state index is 0.156. The number of aromatic nitrogens is 3. The van der Waals surface area contributed by atoms with Gasteiger partial charge >= 0.3 is 0 Å². The van der Waals surface area contributed by atoms with E-state index in [0.717, 1.165) is 35.5 Å². The highest BCUT2D eigenvalue weighted by molar-refractivity contribution is 5.79. The van der Waals surface area contributed by atoms with Gasteiger partial charge in [0.2, 0.25) is 5.91 Å². The third-order valence-corrected chi connectivity index (χ3v) is 5.77. The van der Waals surface area contributed by atoms with E-state index in [2.05, 4.69) is 10.3 Å². The smallest absolute Gasteiger partial charge is 0.226 e. The standard InChI is InChI=1S/C21H28N4O4/c1-3-28-17-6-4-16(5-7-17)12-20(26)24-10-8-21(9-11-24)15-25-19(14-29-21)18(13-27-2)22-23-25/h4-7H,3,8-15H2,1-2H3. The highest BCUT2D eigenvalue weighted by Gasteiger charge is 2.41. The van der Waals surface area contributed by atoms with Crippen molar-refractivity contribution in [2.45, 2.75) is 51.5 Å². The summed E-state index contributed by atoms with van der Waals surface area (Å²) in [5.41, 5.74) is 2.57. The highest BCUT2D eigenvalue weighted by Crippen LogP contribution is 2.33. The molecule has 0 saturated carbocycles. The van der Waals surface area contributed by atoms with Crippen LogP contribution in [-0.2, 0) is 40.4 Å². The van der Waals surface area contributed by atoms with Gasteiger partial charge in [-0.15, -0.1) is 5.10 Å². The van der Waals surface area contributed by atoms with Gasteiger partial charge in [0.1, 0.15) is 11.4 Å². The van der Waals surface area contributed by atoms with Gasteiger partial charge < -0.3 is 19.1 Å². The van der Waals surface area contributed by atoms with E-state index in [0.29, 0.717) is 45.9 Å². The normalized spacial score (nSPS) is 17.9. The van der Waals surface area contributed by atoms with Gasteiger partial charge in [-0.3, -0.25) is 4.79 Å². The summed E-state index contributed by atoms with van der Waals surface area (Å²) in [6.07, 6.45) is 2.02. The number of rotatable bonds is 6. The molecule has 2 aromatic rings. The molecule has 3 heterocycles. The predicted molar refractivity (Wildman–Crippen MR) is 105 cm³/mol. The molecule has 0 radical (unpaired) electrons. The van der Waals surface area contributed by atoms with E-state index in [1.165, 1.54) is 0 Å². The van der Waals surface area contributed by atoms with Crippen molar-refractivity contribution in [3.8, 4) is 5.75 Å². The zero-order valence-electron chi connectivity index (χ0n) is 17.1. The van der Waals surface area contributed by atoms with Crippen LogP contribution in [0.5, 0.6) is 5.75 Å². The summed E-state index contributed by atoms with van der Waals surface area (Å²) in [7, 11) is 1.65. The van der Waals surface area contributed by atoms with Gasteiger partial charge in [0.05, 0.1) is 44.1 Å². The Morgan fingerprint density at radius 1 is 1.24 bits per heavy atom. The fourth-order valence-electron chi connectivity index (χ4n) is 4.07. The topological polar surface area (TPSA) is 78.7 Å². The summed E-state index contributed by atoms with van der Waals surface area (Å²) < 4.78 is 18.8. The highest BCUT2D eigenvalue weighted by atomic mass is 16.5. The largest absolute Gasteiger partial charge is 0.494 e. The fourth-order valence-corrected chi connectivity index (χ4v) is 4.07. The molecule has 1 spiro atoms. The maximum atomic E-state index is 12.7. The van der Waals surface area contributed by atoms with Crippen LogP contribution in [-0.4, -0.2) is 58.2 Å². The summed E-state index contributed by atoms with van der Waals surface area (Å²) in [4.78, 5) is 14.7. The number of ether oxygens (including phenoxy) is 3. The first-order chi connectivity index (χ1) is 14.1. The predicted octanol–water partition coefficient (Wildman–Crippen LogP) is 1.96. The zero-order valence-corrected chi connectivity index (χ0v) is 17.1. The molecule has 0 N–H and O–H groups in total. The van der Waals surface area contributed by atoms with Crippen LogP contribution in [0.4, 0.5) is 0 Å². The number of benzene rings is 1. The minimum atomic E-state index is -0.263. The van der Waals surface area contributed by atoms with Gasteiger partial charge in [0, 0.05) is 20.2 Å². The molecule has 0 aliphatic carbocycles. The Kier molecular flexibility index (Phi) is 5.82. The van der Waals surface area contributed by atoms with Crippen LogP contribution in [0.3, 0.4) is 0 Å². The van der Waals surface area contributed by atoms with Gasteiger partial charge in [0.15, 0.2) is 0 Å². The summed E-state index contributed by atoms with van der Waals surface area (Å²) in [5, 5.41) is 8.48. The number of fused-ring (bicyclic) bond motifs is 1. The van der Waals surface area contributed by atoms with Gasteiger partial charge in [-0.2, -0.15) is 0 Å². The molecule has 2 aliphatic heterocycles. The van der Waals surface area contributed by atoms with Crippen molar-refractivity contribution in [2.24, 2.45) is 0 Å². The summed E-state index contributed by atoms with van der Waals surface area (Å²) in [6.45, 7) is 5.61. The molecule has 2 aliphatic rings. The van der Waals surface area contributed by atoms with Gasteiger partial charge in [-0.25, -0.2) is 4.68 Å². The Morgan fingerprint density at radius 2 is 2.00 bits per heavy atom. The molecule has 1 aromatic carbocycles. The average Bonchev–Trinajstić information content (AvgIpc) is 3.12. The van der Waals surface area contributed by atoms with E-state index in [1.54, 1.807) is 7.11 Å². The third kappa shape index (κ3) is 4.28. The van der Waals surface area contributed by atoms with Gasteiger partial charge in [0.25, 0.3) is 0 Å². The number of amides is 1. The molecule has 156 valence electrons. The number of piperidine rings is 1. The first kappa shape index (κ1) is 19.8. The van der Waals surface area contributed by atoms with Crippen molar-refractivity contribution in [3.63, 3.8) is 0 Å². The molecule has 4 rings (SSSR count). The SMILES string of the molecule is CCOc1ccc(CC(=O)N2CCC3(CC2)Cn2nnc(COC)c2CO3)cc1. The molecular weight excluding hydrogens is 372 g/mol. The molecule has 8 heteroatoms. The number of likely N-dealkylation sites (tertiary alicyclic amines) is 1. The van der Waals surface area contributed by atoms with Crippen LogP contribution < -0.4 is 4.74 Å². The van der Waals surface area contributed by atoms with Crippen LogP contribution in [0, 0.1) is 0 Å². The first-order valence-electron chi connectivity index (χ1n) is 10.2. The van der Waals surface area contributed by atoms with E-state index >= 15 is 0 Å². The lowest BCUT2D eigenvalue weighted by Crippen LogP contribution is -2.52. The van der Waals surface area contributed by atoms with Crippen LogP contribution in [0.2, 0.25) is 0 Å². The number of methoxy groups -OCH3 is 1. The molecular formula is C21H28N4O4. The van der Waals surface area contributed by atoms with E-state index < -0.39 is 0 Å². The minimum Gasteiger partial charge on any atom is -0.494 e. The Balaban J connectivity index is 1.32. The van der Waals surface area contributed by atoms with E-state index in [1.807, 2.05) is 40.8 Å². The fraction of sp³-hybridized carbons (Fsp3) is 0.571. The van der Waals surface area contributed by atoms with E-state index in [-0.39, 0.29) is 11.5 Å². The van der Waals surface area contributed by atoms with E-state index in [4.69, 9.17) is 14.2 Å². The van der Waals surface area contributed by atoms with Crippen molar-refractivity contribution in [1.29, 1.82) is 0 Å². The maximum absolute atomic E-state index is 12.7. The number of carbonyl (C=O) groups is 1. The second-order valence-electron chi connectivity index (χ2n) is 7.68. The summed E-state index contributed by atoms with van der Waals surface area (Å²) >= 11 is 0. The van der Waals surface area contributed by atoms with Crippen molar-refractivity contribution >= 4 is 5.91 Å². The molecule has 1 saturated heterocycles. The van der Waals surface area contributed by atoms with Crippen molar-refractivity contribution < 1.29 is 19.0 Å². The summed E-state index contributed by atoms with van der Waals surface area (Å²) in [5.74, 6) is 0.989. The summed E-state index contributed by atoms with van der Waals surface area (Å²) in [6, 6.07) is 7.76. The van der Waals surface area contributed by atoms with Crippen LogP contribution in [0.15, 0.2) is 24.3 Å². The first-order valence-corrected chi connectivity index (χ1v) is 10.2. The van der Waals surface area contributed by atoms with Crippen LogP contribution in [0.1, 0.15) is 36.7 Å². The Labute approximate surface area is 170 Å². The van der Waals surface area contributed by atoms with Crippen molar-refractivity contribution in [1.82, 2.24) is 19.9 Å². The number of hydrogen-bond donors (Lipinski definition) is 0. The maximum Gasteiger partial charge on any atom is 0.226 e. The monoisotopic (exact) mass is 400 g/mol. The van der Waals surface area contributed by atoms with Crippen molar-refractivity contribution in [2.75, 3.05) is 26.8 Å². The lowest BCUT2D eigenvalue weighted by Gasteiger charge is -2.43. The lowest BCUT2D eigenvalue weighted by atomic mass is 9.89. The molecule has 1 aromatic heterocycles. The van der Waals surface area contributed by atoms with Crippen LogP contribution >= 0.6 is 0 Å². The molecule has 0 bridgehead atoms. The zero-order chi connectivity index (χ0) is 20.3. The molecule has 0 atom stereocenters. The molecule has 29 heavy (non-hydrogen) atoms.